The molecule has 2 aromatic carbocycles. The van der Waals surface area contributed by atoms with Crippen molar-refractivity contribution < 1.29 is 0 Å². The third kappa shape index (κ3) is 4.27. The third-order valence-corrected chi connectivity index (χ3v) is 4.40. The lowest BCUT2D eigenvalue weighted by molar-refractivity contribution is 0.698. The predicted octanol–water partition coefficient (Wildman–Crippen LogP) is 5.04. The summed E-state index contributed by atoms with van der Waals surface area (Å²) >= 11 is 7.69. The summed E-state index contributed by atoms with van der Waals surface area (Å²) in [4.78, 5) is 1.27. The average Bonchev–Trinajstić information content (AvgIpc) is 2.46. The molecule has 0 unspecified atom stereocenters. The Bertz CT molecular complexity index is 507. The van der Waals surface area contributed by atoms with E-state index in [4.69, 9.17) is 17.3 Å². The molecule has 0 heterocycles. The van der Waals surface area contributed by atoms with Crippen molar-refractivity contribution in [2.45, 2.75) is 30.0 Å². The minimum Gasteiger partial charge on any atom is -0.324 e. The van der Waals surface area contributed by atoms with E-state index in [2.05, 4.69) is 43.3 Å². The molecule has 0 bridgehead atoms. The Morgan fingerprint density at radius 3 is 2.26 bits per heavy atom. The summed E-state index contributed by atoms with van der Waals surface area (Å²) in [5, 5.41) is 0.784. The van der Waals surface area contributed by atoms with Crippen LogP contribution in [0.1, 0.15) is 30.5 Å². The standard InChI is InChI=1S/C16H18ClNS/c1-2-16(18)13-5-9-15(10-6-13)19-11-12-3-7-14(17)8-4-12/h3-10,16H,2,11,18H2,1H3/t16-/m0/s1. The lowest BCUT2D eigenvalue weighted by atomic mass is 10.1. The van der Waals surface area contributed by atoms with Gasteiger partial charge in [0.1, 0.15) is 0 Å². The maximum atomic E-state index is 6.00. The molecule has 0 saturated heterocycles. The Labute approximate surface area is 124 Å². The number of hydrogen-bond donors (Lipinski definition) is 1. The molecule has 0 fully saturated rings. The van der Waals surface area contributed by atoms with Crippen molar-refractivity contribution in [1.29, 1.82) is 0 Å². The van der Waals surface area contributed by atoms with Gasteiger partial charge in [0, 0.05) is 21.7 Å². The van der Waals surface area contributed by atoms with Gasteiger partial charge < -0.3 is 5.73 Å². The van der Waals surface area contributed by atoms with Gasteiger partial charge in [0.05, 0.1) is 0 Å². The van der Waals surface area contributed by atoms with Crippen molar-refractivity contribution in [3.63, 3.8) is 0 Å². The quantitative estimate of drug-likeness (QED) is 0.781. The SMILES string of the molecule is CC[C@H](N)c1ccc(SCc2ccc(Cl)cc2)cc1. The van der Waals surface area contributed by atoms with Crippen molar-refractivity contribution in [3.05, 3.63) is 64.7 Å². The molecule has 19 heavy (non-hydrogen) atoms. The Hall–Kier alpha value is -0.960. The first-order chi connectivity index (χ1) is 9.19. The van der Waals surface area contributed by atoms with Gasteiger partial charge in [-0.05, 0) is 41.8 Å². The number of thioether (sulfide) groups is 1. The van der Waals surface area contributed by atoms with Gasteiger partial charge in [0.15, 0.2) is 0 Å². The highest BCUT2D eigenvalue weighted by Gasteiger charge is 2.03. The van der Waals surface area contributed by atoms with Crippen LogP contribution in [0.2, 0.25) is 5.02 Å². The zero-order valence-corrected chi connectivity index (χ0v) is 12.5. The second kappa shape index (κ2) is 6.99. The van der Waals surface area contributed by atoms with Crippen LogP contribution in [-0.4, -0.2) is 0 Å². The van der Waals surface area contributed by atoms with Crippen molar-refractivity contribution in [2.75, 3.05) is 0 Å². The summed E-state index contributed by atoms with van der Waals surface area (Å²) in [6.45, 7) is 2.11. The normalized spacial score (nSPS) is 12.4. The van der Waals surface area contributed by atoms with E-state index in [0.29, 0.717) is 0 Å². The number of benzene rings is 2. The van der Waals surface area contributed by atoms with Crippen LogP contribution in [0.4, 0.5) is 0 Å². The van der Waals surface area contributed by atoms with Gasteiger partial charge in [-0.1, -0.05) is 42.8 Å². The number of halogens is 1. The summed E-state index contributed by atoms with van der Waals surface area (Å²) in [6, 6.07) is 16.7. The van der Waals surface area contributed by atoms with E-state index < -0.39 is 0 Å². The van der Waals surface area contributed by atoms with E-state index >= 15 is 0 Å². The molecule has 3 heteroatoms. The molecule has 1 atom stereocenters. The van der Waals surface area contributed by atoms with Gasteiger partial charge in [-0.25, -0.2) is 0 Å². The van der Waals surface area contributed by atoms with Gasteiger partial charge in [-0.3, -0.25) is 0 Å². The Balaban J connectivity index is 1.94. The largest absolute Gasteiger partial charge is 0.324 e. The van der Waals surface area contributed by atoms with Gasteiger partial charge in [0.2, 0.25) is 0 Å². The lowest BCUT2D eigenvalue weighted by Gasteiger charge is -2.09. The first kappa shape index (κ1) is 14.4. The summed E-state index contributed by atoms with van der Waals surface area (Å²) in [7, 11) is 0. The smallest absolute Gasteiger partial charge is 0.0406 e. The zero-order chi connectivity index (χ0) is 13.7. The van der Waals surface area contributed by atoms with Crippen molar-refractivity contribution in [3.8, 4) is 0 Å². The van der Waals surface area contributed by atoms with Gasteiger partial charge in [-0.2, -0.15) is 0 Å². The molecular weight excluding hydrogens is 274 g/mol. The van der Waals surface area contributed by atoms with Crippen LogP contribution >= 0.6 is 23.4 Å². The molecule has 0 spiro atoms. The number of nitrogens with two attached hydrogens (primary N) is 1. The van der Waals surface area contributed by atoms with Crippen LogP contribution in [0.3, 0.4) is 0 Å². The predicted molar refractivity (Wildman–Crippen MR) is 84.7 cm³/mol. The summed E-state index contributed by atoms with van der Waals surface area (Å²) in [5.74, 6) is 0.955. The zero-order valence-electron chi connectivity index (χ0n) is 11.0. The summed E-state index contributed by atoms with van der Waals surface area (Å²) < 4.78 is 0. The Morgan fingerprint density at radius 2 is 1.68 bits per heavy atom. The van der Waals surface area contributed by atoms with Crippen molar-refractivity contribution in [2.24, 2.45) is 5.73 Å². The maximum Gasteiger partial charge on any atom is 0.0406 e. The van der Waals surface area contributed by atoms with E-state index in [1.807, 2.05) is 23.9 Å². The van der Waals surface area contributed by atoms with Gasteiger partial charge in [0.25, 0.3) is 0 Å². The van der Waals surface area contributed by atoms with Crippen LogP contribution in [-0.2, 0) is 5.75 Å². The molecule has 0 aliphatic carbocycles. The van der Waals surface area contributed by atoms with E-state index in [0.717, 1.165) is 17.2 Å². The molecule has 2 N–H and O–H groups in total. The van der Waals surface area contributed by atoms with Crippen LogP contribution in [0, 0.1) is 0 Å². The minimum atomic E-state index is 0.148. The molecule has 1 nitrogen and oxygen atoms in total. The summed E-state index contributed by atoms with van der Waals surface area (Å²) in [6.07, 6.45) is 0.970. The van der Waals surface area contributed by atoms with E-state index in [1.165, 1.54) is 16.0 Å². The first-order valence-electron chi connectivity index (χ1n) is 6.42. The van der Waals surface area contributed by atoms with E-state index in [1.54, 1.807) is 0 Å². The minimum absolute atomic E-state index is 0.148. The molecular formula is C16H18ClNS. The molecule has 0 radical (unpaired) electrons. The van der Waals surface area contributed by atoms with Gasteiger partial charge in [-0.15, -0.1) is 11.8 Å². The third-order valence-electron chi connectivity index (χ3n) is 3.07. The summed E-state index contributed by atoms with van der Waals surface area (Å²) in [5.41, 5.74) is 8.49. The molecule has 0 amide bonds. The second-order valence-corrected chi connectivity index (χ2v) is 5.98. The van der Waals surface area contributed by atoms with Crippen LogP contribution in [0.25, 0.3) is 0 Å². The fourth-order valence-corrected chi connectivity index (χ4v) is 2.77. The highest BCUT2D eigenvalue weighted by molar-refractivity contribution is 7.98. The average molecular weight is 292 g/mol. The molecule has 100 valence electrons. The van der Waals surface area contributed by atoms with Crippen LogP contribution in [0.5, 0.6) is 0 Å². The van der Waals surface area contributed by atoms with Crippen molar-refractivity contribution in [1.82, 2.24) is 0 Å². The van der Waals surface area contributed by atoms with Crippen LogP contribution in [0.15, 0.2) is 53.4 Å². The molecule has 0 saturated carbocycles. The fourth-order valence-electron chi connectivity index (χ4n) is 1.79. The van der Waals surface area contributed by atoms with Crippen molar-refractivity contribution >= 4 is 23.4 Å². The molecule has 0 aliphatic heterocycles. The highest BCUT2D eigenvalue weighted by atomic mass is 35.5. The Morgan fingerprint density at radius 1 is 1.05 bits per heavy atom. The second-order valence-electron chi connectivity index (χ2n) is 4.50. The van der Waals surface area contributed by atoms with Gasteiger partial charge >= 0.3 is 0 Å². The maximum absolute atomic E-state index is 6.00. The topological polar surface area (TPSA) is 26.0 Å². The number of rotatable bonds is 5. The molecule has 0 aromatic heterocycles. The fraction of sp³-hybridized carbons (Fsp3) is 0.250. The molecule has 2 rings (SSSR count). The lowest BCUT2D eigenvalue weighted by Crippen LogP contribution is -2.07. The molecule has 0 aliphatic rings. The van der Waals surface area contributed by atoms with Crippen LogP contribution < -0.4 is 5.73 Å². The highest BCUT2D eigenvalue weighted by Crippen LogP contribution is 2.25. The van der Waals surface area contributed by atoms with E-state index in [9.17, 15) is 0 Å². The number of hydrogen-bond acceptors (Lipinski definition) is 2. The monoisotopic (exact) mass is 291 g/mol. The Kier molecular flexibility index (Phi) is 5.32. The molecule has 2 aromatic rings. The first-order valence-corrected chi connectivity index (χ1v) is 7.78. The van der Waals surface area contributed by atoms with E-state index in [-0.39, 0.29) is 6.04 Å².